The van der Waals surface area contributed by atoms with Crippen LogP contribution in [-0.4, -0.2) is 4.98 Å². The molecule has 0 aliphatic carbocycles. The summed E-state index contributed by atoms with van der Waals surface area (Å²) in [6.45, 7) is 3.78. The molecule has 1 heterocycles. The number of rotatable bonds is 3. The molecule has 0 saturated heterocycles. The molecular weight excluding hydrogens is 227 g/mol. The van der Waals surface area contributed by atoms with Crippen LogP contribution in [0.3, 0.4) is 0 Å². The summed E-state index contributed by atoms with van der Waals surface area (Å²) in [5, 5.41) is 0. The van der Waals surface area contributed by atoms with E-state index in [1.165, 1.54) is 6.07 Å². The lowest BCUT2D eigenvalue weighted by molar-refractivity contribution is 0.576. The fourth-order valence-corrected chi connectivity index (χ4v) is 2.27. The smallest absolute Gasteiger partial charge is 0.128 e. The first-order valence-electron chi connectivity index (χ1n) is 5.99. The van der Waals surface area contributed by atoms with E-state index in [0.29, 0.717) is 12.0 Å². The molecule has 18 heavy (non-hydrogen) atoms. The summed E-state index contributed by atoms with van der Waals surface area (Å²) in [7, 11) is 0. The molecule has 94 valence electrons. The molecule has 2 N–H and O–H groups in total. The van der Waals surface area contributed by atoms with E-state index in [9.17, 15) is 4.39 Å². The molecule has 0 fully saturated rings. The third-order valence-corrected chi connectivity index (χ3v) is 3.06. The Morgan fingerprint density at radius 1 is 1.22 bits per heavy atom. The molecule has 0 amide bonds. The fraction of sp³-hybridized carbons (Fsp3) is 0.267. The molecule has 0 spiro atoms. The molecule has 0 radical (unpaired) electrons. The van der Waals surface area contributed by atoms with Crippen LogP contribution in [0.25, 0.3) is 0 Å². The molecule has 2 aromatic rings. The van der Waals surface area contributed by atoms with Gasteiger partial charge >= 0.3 is 0 Å². The van der Waals surface area contributed by atoms with Crippen molar-refractivity contribution in [2.45, 2.75) is 26.3 Å². The lowest BCUT2D eigenvalue weighted by Gasteiger charge is -2.16. The molecule has 0 aliphatic rings. The van der Waals surface area contributed by atoms with Crippen LogP contribution >= 0.6 is 0 Å². The Hall–Kier alpha value is -1.74. The minimum absolute atomic E-state index is 0.214. The predicted octanol–water partition coefficient (Wildman–Crippen LogP) is 3.08. The first-order valence-corrected chi connectivity index (χ1v) is 5.99. The van der Waals surface area contributed by atoms with Gasteiger partial charge in [-0.3, -0.25) is 4.98 Å². The monoisotopic (exact) mass is 244 g/mol. The summed E-state index contributed by atoms with van der Waals surface area (Å²) in [6.07, 6.45) is 4.06. The van der Waals surface area contributed by atoms with E-state index in [0.717, 1.165) is 16.7 Å². The number of halogens is 1. The molecule has 2 nitrogen and oxygen atoms in total. The lowest BCUT2D eigenvalue weighted by Crippen LogP contribution is -2.16. The zero-order chi connectivity index (χ0) is 13.1. The SMILES string of the molecule is Cc1cc(C)c(C(N)Cc2ccncc2)c(F)c1. The van der Waals surface area contributed by atoms with Crippen molar-refractivity contribution < 1.29 is 4.39 Å². The Morgan fingerprint density at radius 2 is 1.89 bits per heavy atom. The zero-order valence-corrected chi connectivity index (χ0v) is 10.7. The average molecular weight is 244 g/mol. The number of pyridine rings is 1. The van der Waals surface area contributed by atoms with Gasteiger partial charge in [-0.1, -0.05) is 6.07 Å². The van der Waals surface area contributed by atoms with Gasteiger partial charge in [0.1, 0.15) is 5.82 Å². The van der Waals surface area contributed by atoms with E-state index in [4.69, 9.17) is 5.73 Å². The largest absolute Gasteiger partial charge is 0.324 e. The molecule has 3 heteroatoms. The third-order valence-electron chi connectivity index (χ3n) is 3.06. The van der Waals surface area contributed by atoms with Crippen molar-refractivity contribution in [3.8, 4) is 0 Å². The van der Waals surface area contributed by atoms with Crippen LogP contribution in [0.5, 0.6) is 0 Å². The van der Waals surface area contributed by atoms with Crippen molar-refractivity contribution >= 4 is 0 Å². The molecule has 1 unspecified atom stereocenters. The van der Waals surface area contributed by atoms with Crippen molar-refractivity contribution in [1.82, 2.24) is 4.98 Å². The van der Waals surface area contributed by atoms with E-state index in [1.54, 1.807) is 12.4 Å². The van der Waals surface area contributed by atoms with Gasteiger partial charge in [0.2, 0.25) is 0 Å². The topological polar surface area (TPSA) is 38.9 Å². The highest BCUT2D eigenvalue weighted by Gasteiger charge is 2.15. The molecule has 1 aromatic heterocycles. The Kier molecular flexibility index (Phi) is 3.72. The fourth-order valence-electron chi connectivity index (χ4n) is 2.27. The Bertz CT molecular complexity index is 514. The van der Waals surface area contributed by atoms with Crippen LogP contribution in [0.2, 0.25) is 0 Å². The maximum Gasteiger partial charge on any atom is 0.128 e. The molecule has 1 atom stereocenters. The van der Waals surface area contributed by atoms with Crippen molar-refractivity contribution in [3.63, 3.8) is 0 Å². The van der Waals surface area contributed by atoms with Gasteiger partial charge in [0.05, 0.1) is 0 Å². The van der Waals surface area contributed by atoms with Crippen molar-refractivity contribution in [2.24, 2.45) is 5.73 Å². The number of nitrogens with two attached hydrogens (primary N) is 1. The van der Waals surface area contributed by atoms with E-state index in [2.05, 4.69) is 4.98 Å². The Labute approximate surface area is 107 Å². The number of benzene rings is 1. The second kappa shape index (κ2) is 5.27. The number of aryl methyl sites for hydroxylation is 2. The first kappa shape index (κ1) is 12.7. The highest BCUT2D eigenvalue weighted by molar-refractivity contribution is 5.35. The quantitative estimate of drug-likeness (QED) is 0.901. The van der Waals surface area contributed by atoms with Crippen LogP contribution in [0.1, 0.15) is 28.3 Å². The summed E-state index contributed by atoms with van der Waals surface area (Å²) in [5.74, 6) is -0.214. The number of hydrogen-bond acceptors (Lipinski definition) is 2. The van der Waals surface area contributed by atoms with Crippen LogP contribution in [0.15, 0.2) is 36.7 Å². The Balaban J connectivity index is 2.27. The van der Waals surface area contributed by atoms with Crippen LogP contribution < -0.4 is 5.73 Å². The highest BCUT2D eigenvalue weighted by Crippen LogP contribution is 2.23. The minimum Gasteiger partial charge on any atom is -0.324 e. The summed E-state index contributed by atoms with van der Waals surface area (Å²) in [5.41, 5.74) is 9.63. The van der Waals surface area contributed by atoms with E-state index in [-0.39, 0.29) is 11.9 Å². The summed E-state index contributed by atoms with van der Waals surface area (Å²) in [6, 6.07) is 6.98. The second-order valence-corrected chi connectivity index (χ2v) is 4.64. The number of aromatic nitrogens is 1. The van der Waals surface area contributed by atoms with E-state index in [1.807, 2.05) is 32.0 Å². The Morgan fingerprint density at radius 3 is 2.50 bits per heavy atom. The van der Waals surface area contributed by atoms with Gasteiger partial charge < -0.3 is 5.73 Å². The molecule has 0 saturated carbocycles. The van der Waals surface area contributed by atoms with Gasteiger partial charge in [0.15, 0.2) is 0 Å². The van der Waals surface area contributed by atoms with Crippen LogP contribution in [-0.2, 0) is 6.42 Å². The highest BCUT2D eigenvalue weighted by atomic mass is 19.1. The van der Waals surface area contributed by atoms with E-state index >= 15 is 0 Å². The van der Waals surface area contributed by atoms with Crippen molar-refractivity contribution in [3.05, 3.63) is 64.7 Å². The van der Waals surface area contributed by atoms with Gasteiger partial charge in [-0.25, -0.2) is 4.39 Å². The minimum atomic E-state index is -0.326. The molecule has 0 bridgehead atoms. The third kappa shape index (κ3) is 2.74. The zero-order valence-electron chi connectivity index (χ0n) is 10.7. The van der Waals surface area contributed by atoms with Crippen LogP contribution in [0.4, 0.5) is 4.39 Å². The van der Waals surface area contributed by atoms with Crippen molar-refractivity contribution in [2.75, 3.05) is 0 Å². The van der Waals surface area contributed by atoms with Gasteiger partial charge in [-0.2, -0.15) is 0 Å². The number of hydrogen-bond donors (Lipinski definition) is 1. The maximum absolute atomic E-state index is 14.0. The predicted molar refractivity (Wildman–Crippen MR) is 70.7 cm³/mol. The van der Waals surface area contributed by atoms with E-state index < -0.39 is 0 Å². The lowest BCUT2D eigenvalue weighted by atomic mass is 9.94. The molecule has 1 aromatic carbocycles. The summed E-state index contributed by atoms with van der Waals surface area (Å²) in [4.78, 5) is 3.96. The van der Waals surface area contributed by atoms with Gasteiger partial charge in [0.25, 0.3) is 0 Å². The maximum atomic E-state index is 14.0. The van der Waals surface area contributed by atoms with Crippen molar-refractivity contribution in [1.29, 1.82) is 0 Å². The molecular formula is C15H17FN2. The summed E-state index contributed by atoms with van der Waals surface area (Å²) >= 11 is 0. The molecule has 0 aliphatic heterocycles. The van der Waals surface area contributed by atoms with Gasteiger partial charge in [0, 0.05) is 24.0 Å². The molecule has 2 rings (SSSR count). The number of nitrogens with zero attached hydrogens (tertiary/aromatic N) is 1. The van der Waals surface area contributed by atoms with Crippen LogP contribution in [0, 0.1) is 19.7 Å². The van der Waals surface area contributed by atoms with Gasteiger partial charge in [-0.05, 0) is 55.2 Å². The second-order valence-electron chi connectivity index (χ2n) is 4.64. The average Bonchev–Trinajstić information content (AvgIpc) is 2.28. The summed E-state index contributed by atoms with van der Waals surface area (Å²) < 4.78 is 14.0. The normalized spacial score (nSPS) is 12.4. The van der Waals surface area contributed by atoms with Gasteiger partial charge in [-0.15, -0.1) is 0 Å². The first-order chi connectivity index (χ1) is 8.58. The standard InChI is InChI=1S/C15H17FN2/c1-10-7-11(2)15(13(16)8-10)14(17)9-12-3-5-18-6-4-12/h3-8,14H,9,17H2,1-2H3.